The molecule has 1 atom stereocenters. The van der Waals surface area contributed by atoms with Gasteiger partial charge in [0.1, 0.15) is 0 Å². The van der Waals surface area contributed by atoms with E-state index in [9.17, 15) is 9.59 Å². The van der Waals surface area contributed by atoms with Gasteiger partial charge in [0.25, 0.3) is 11.8 Å². The average Bonchev–Trinajstić information content (AvgIpc) is 4.04. The van der Waals surface area contributed by atoms with E-state index in [1.807, 2.05) is 22.7 Å². The van der Waals surface area contributed by atoms with Gasteiger partial charge in [-0.2, -0.15) is 0 Å². The van der Waals surface area contributed by atoms with E-state index in [4.69, 9.17) is 4.74 Å². The zero-order chi connectivity index (χ0) is 41.5. The van der Waals surface area contributed by atoms with Crippen molar-refractivity contribution in [1.29, 1.82) is 0 Å². The number of fused-ring (bicyclic) bond motifs is 1. The summed E-state index contributed by atoms with van der Waals surface area (Å²) in [6.07, 6.45) is 22.7. The number of ether oxygens (including phenoxy) is 1. The second-order valence-electron chi connectivity index (χ2n) is 17.7. The van der Waals surface area contributed by atoms with Crippen molar-refractivity contribution in [3.8, 4) is 29.9 Å². The second-order valence-corrected chi connectivity index (χ2v) is 21.0. The monoisotopic (exact) mass is 843 g/mol. The SMILES string of the molecule is CCCCCCCCCCC(CCCCCCCC)COCCCN1C(=O)c2c(-c3ccc(-c4ccc(-c5ccc(C(C)C)s5)s4)s3)ccc(C(C)(C)CC)c2C1=O. The first-order valence-corrected chi connectivity index (χ1v) is 25.5. The van der Waals surface area contributed by atoms with Crippen LogP contribution in [0.15, 0.2) is 48.5 Å². The lowest BCUT2D eigenvalue weighted by Gasteiger charge is -2.26. The molecular weight excluding hydrogens is 771 g/mol. The minimum Gasteiger partial charge on any atom is -0.381 e. The van der Waals surface area contributed by atoms with Gasteiger partial charge >= 0.3 is 0 Å². The third kappa shape index (κ3) is 12.5. The van der Waals surface area contributed by atoms with E-state index in [-0.39, 0.29) is 17.2 Å². The molecule has 318 valence electrons. The van der Waals surface area contributed by atoms with Crippen molar-refractivity contribution in [3.05, 3.63) is 70.1 Å². The highest BCUT2D eigenvalue weighted by atomic mass is 32.1. The maximum atomic E-state index is 14.4. The Hall–Kier alpha value is -2.58. The molecule has 2 amide bonds. The first-order chi connectivity index (χ1) is 28.1. The third-order valence-corrected chi connectivity index (χ3v) is 16.3. The van der Waals surface area contributed by atoms with Crippen LogP contribution in [-0.4, -0.2) is 36.5 Å². The topological polar surface area (TPSA) is 46.6 Å². The molecule has 1 unspecified atom stereocenters. The Morgan fingerprint density at radius 2 is 1.09 bits per heavy atom. The number of hydrogen-bond donors (Lipinski definition) is 0. The summed E-state index contributed by atoms with van der Waals surface area (Å²) < 4.78 is 6.35. The third-order valence-electron chi connectivity index (χ3n) is 12.4. The highest BCUT2D eigenvalue weighted by molar-refractivity contribution is 7.27. The van der Waals surface area contributed by atoms with Crippen LogP contribution in [0.1, 0.15) is 201 Å². The Morgan fingerprint density at radius 3 is 1.64 bits per heavy atom. The molecule has 0 radical (unpaired) electrons. The summed E-state index contributed by atoms with van der Waals surface area (Å²) in [5.74, 6) is 0.813. The molecule has 4 heterocycles. The number of nitrogens with zero attached hydrogens (tertiary/aromatic N) is 1. The minimum absolute atomic E-state index is 0.148. The van der Waals surface area contributed by atoms with Crippen molar-refractivity contribution >= 4 is 45.8 Å². The zero-order valence-corrected chi connectivity index (χ0v) is 39.5. The molecule has 0 saturated carbocycles. The molecule has 1 aliphatic rings. The van der Waals surface area contributed by atoms with Crippen LogP contribution in [0, 0.1) is 5.92 Å². The van der Waals surface area contributed by atoms with E-state index in [2.05, 4.69) is 97.0 Å². The van der Waals surface area contributed by atoms with Crippen LogP contribution < -0.4 is 0 Å². The molecule has 1 aliphatic heterocycles. The Bertz CT molecular complexity index is 1860. The van der Waals surface area contributed by atoms with Gasteiger partial charge in [0.2, 0.25) is 0 Å². The number of amides is 2. The first kappa shape index (κ1) is 46.5. The number of carbonyl (C=O) groups is 2. The lowest BCUT2D eigenvalue weighted by Crippen LogP contribution is -2.32. The molecule has 0 fully saturated rings. The molecule has 4 aromatic rings. The fraction of sp³-hybridized carbons (Fsp3) is 0.608. The van der Waals surface area contributed by atoms with Gasteiger partial charge in [-0.15, -0.1) is 34.0 Å². The first-order valence-electron chi connectivity index (χ1n) is 23.0. The van der Waals surface area contributed by atoms with E-state index in [1.54, 1.807) is 11.3 Å². The van der Waals surface area contributed by atoms with Crippen molar-refractivity contribution in [2.75, 3.05) is 19.8 Å². The molecule has 5 rings (SSSR count). The molecule has 1 aromatic carbocycles. The summed E-state index contributed by atoms with van der Waals surface area (Å²) >= 11 is 5.40. The summed E-state index contributed by atoms with van der Waals surface area (Å²) in [7, 11) is 0. The standard InChI is InChI=1S/C51H73NO3S3/c1-8-11-13-15-17-18-20-22-25-38(24-21-19-16-14-12-9-2)36-55-35-23-34-52-49(53)47-39(26-27-40(48(47)50(52)54)51(6,7)10-3)42-29-31-44(57-42)46-33-32-45(58-46)43-30-28-41(56-43)37(4)5/h26-33,37-38H,8-25,34-36H2,1-7H3. The Balaban J connectivity index is 1.22. The highest BCUT2D eigenvalue weighted by Gasteiger charge is 2.42. The summed E-state index contributed by atoms with van der Waals surface area (Å²) in [6, 6.07) is 17.4. The Morgan fingerprint density at radius 1 is 0.586 bits per heavy atom. The van der Waals surface area contributed by atoms with Gasteiger partial charge in [-0.25, -0.2) is 0 Å². The number of carbonyl (C=O) groups excluding carboxylic acids is 2. The van der Waals surface area contributed by atoms with Crippen LogP contribution in [0.4, 0.5) is 0 Å². The van der Waals surface area contributed by atoms with Crippen molar-refractivity contribution in [2.24, 2.45) is 5.92 Å². The quantitative estimate of drug-likeness (QED) is 0.0423. The normalized spacial score (nSPS) is 13.7. The summed E-state index contributed by atoms with van der Waals surface area (Å²) in [5.41, 5.74) is 2.79. The van der Waals surface area contributed by atoms with E-state index in [1.165, 1.54) is 132 Å². The van der Waals surface area contributed by atoms with Crippen molar-refractivity contribution in [1.82, 2.24) is 4.90 Å². The number of benzene rings is 1. The number of rotatable bonds is 28. The summed E-state index contributed by atoms with van der Waals surface area (Å²) in [4.78, 5) is 37.6. The van der Waals surface area contributed by atoms with E-state index >= 15 is 0 Å². The van der Waals surface area contributed by atoms with Gasteiger partial charge in [0, 0.05) is 54.6 Å². The number of hydrogen-bond acceptors (Lipinski definition) is 6. The predicted octanol–water partition coefficient (Wildman–Crippen LogP) is 16.6. The second kappa shape index (κ2) is 23.4. The van der Waals surface area contributed by atoms with Gasteiger partial charge in [-0.3, -0.25) is 14.5 Å². The molecule has 0 aliphatic carbocycles. The summed E-state index contributed by atoms with van der Waals surface area (Å²) in [6.45, 7) is 17.3. The Labute approximate surface area is 364 Å². The lowest BCUT2D eigenvalue weighted by atomic mass is 9.78. The Kier molecular flexibility index (Phi) is 18.8. The maximum Gasteiger partial charge on any atom is 0.262 e. The average molecular weight is 844 g/mol. The van der Waals surface area contributed by atoms with Gasteiger partial charge in [-0.1, -0.05) is 150 Å². The smallest absolute Gasteiger partial charge is 0.262 e. The van der Waals surface area contributed by atoms with Gasteiger partial charge < -0.3 is 4.74 Å². The number of imide groups is 1. The molecule has 4 nitrogen and oxygen atoms in total. The minimum atomic E-state index is -0.233. The lowest BCUT2D eigenvalue weighted by molar-refractivity contribution is 0.0596. The number of unbranched alkanes of at least 4 members (excludes halogenated alkanes) is 12. The van der Waals surface area contributed by atoms with Crippen LogP contribution in [0.25, 0.3) is 29.9 Å². The van der Waals surface area contributed by atoms with Crippen LogP contribution in [0.2, 0.25) is 0 Å². The molecule has 3 aromatic heterocycles. The van der Waals surface area contributed by atoms with E-state index < -0.39 is 0 Å². The van der Waals surface area contributed by atoms with Crippen molar-refractivity contribution < 1.29 is 14.3 Å². The zero-order valence-electron chi connectivity index (χ0n) is 37.0. The van der Waals surface area contributed by atoms with Gasteiger partial charge in [-0.05, 0) is 84.9 Å². The van der Waals surface area contributed by atoms with Crippen LogP contribution >= 0.6 is 34.0 Å². The highest BCUT2D eigenvalue weighted by Crippen LogP contribution is 2.46. The fourth-order valence-electron chi connectivity index (χ4n) is 8.25. The maximum absolute atomic E-state index is 14.4. The van der Waals surface area contributed by atoms with Crippen LogP contribution in [0.5, 0.6) is 0 Å². The molecule has 7 heteroatoms. The summed E-state index contributed by atoms with van der Waals surface area (Å²) in [5, 5.41) is 0. The molecule has 0 saturated heterocycles. The van der Waals surface area contributed by atoms with Crippen molar-refractivity contribution in [2.45, 2.75) is 175 Å². The van der Waals surface area contributed by atoms with Crippen LogP contribution in [-0.2, 0) is 10.2 Å². The largest absolute Gasteiger partial charge is 0.381 e. The molecule has 58 heavy (non-hydrogen) atoms. The van der Waals surface area contributed by atoms with Crippen molar-refractivity contribution in [3.63, 3.8) is 0 Å². The van der Waals surface area contributed by atoms with Crippen LogP contribution in [0.3, 0.4) is 0 Å². The van der Waals surface area contributed by atoms with E-state index in [0.29, 0.717) is 42.5 Å². The predicted molar refractivity (Wildman–Crippen MR) is 253 cm³/mol. The van der Waals surface area contributed by atoms with Gasteiger partial charge in [0.15, 0.2) is 0 Å². The number of thiophene rings is 3. The molecule has 0 N–H and O–H groups in total. The fourth-order valence-corrected chi connectivity index (χ4v) is 11.5. The van der Waals surface area contributed by atoms with Gasteiger partial charge in [0.05, 0.1) is 11.1 Å². The van der Waals surface area contributed by atoms with E-state index in [0.717, 1.165) is 29.0 Å². The molecular formula is C51H73NO3S3. The molecule has 0 bridgehead atoms. The molecule has 0 spiro atoms.